The van der Waals surface area contributed by atoms with Crippen LogP contribution in [0.25, 0.3) is 0 Å². The van der Waals surface area contributed by atoms with Gasteiger partial charge in [0.2, 0.25) is 0 Å². The lowest BCUT2D eigenvalue weighted by atomic mass is 10.0. The summed E-state index contributed by atoms with van der Waals surface area (Å²) < 4.78 is 5.86. The van der Waals surface area contributed by atoms with Crippen molar-refractivity contribution in [3.63, 3.8) is 0 Å². The van der Waals surface area contributed by atoms with Crippen molar-refractivity contribution in [2.75, 3.05) is 13.7 Å². The zero-order chi connectivity index (χ0) is 22.2. The highest BCUT2D eigenvalue weighted by Gasteiger charge is 2.36. The largest absolute Gasteiger partial charge is 0.500 e. The third-order valence-corrected chi connectivity index (χ3v) is 6.03. The number of ether oxygens (including phenoxy) is 1. The van der Waals surface area contributed by atoms with Crippen molar-refractivity contribution >= 4 is 0 Å². The maximum absolute atomic E-state index is 6.15. The van der Waals surface area contributed by atoms with E-state index in [2.05, 4.69) is 108 Å². The molecule has 1 aliphatic heterocycles. The van der Waals surface area contributed by atoms with Gasteiger partial charge in [0, 0.05) is 25.7 Å². The molecule has 32 heavy (non-hydrogen) atoms. The highest BCUT2D eigenvalue weighted by molar-refractivity contribution is 5.20. The minimum atomic E-state index is -0.0126. The predicted molar refractivity (Wildman–Crippen MR) is 128 cm³/mol. The van der Waals surface area contributed by atoms with E-state index in [0.29, 0.717) is 13.2 Å². The number of rotatable bonds is 9. The maximum Gasteiger partial charge on any atom is 0.115 e. The Balaban J connectivity index is 1.62. The Hall–Kier alpha value is -2.92. The van der Waals surface area contributed by atoms with Crippen LogP contribution in [0.15, 0.2) is 103 Å². The van der Waals surface area contributed by atoms with Gasteiger partial charge in [-0.1, -0.05) is 91.0 Å². The topological polar surface area (TPSA) is 24.9 Å². The van der Waals surface area contributed by atoms with Crippen LogP contribution in [0, 0.1) is 0 Å². The molecule has 1 heterocycles. The second kappa shape index (κ2) is 11.1. The SMILES string of the molecule is COC1=CCON(Cc2ccccc2)[C@@H]1[C@@H](C)N(Cc1ccccc1)Cc1ccccc1. The standard InChI is InChI=1S/C28H32N2O2/c1-23(28-27(31-2)18-19-32-30(28)22-26-16-10-5-11-17-26)29(20-24-12-6-3-7-13-24)21-25-14-8-4-9-15-25/h3-18,23,28H,19-22H2,1-2H3/t23-,28-/m1/s1. The van der Waals surface area contributed by atoms with Gasteiger partial charge in [-0.15, -0.1) is 0 Å². The monoisotopic (exact) mass is 428 g/mol. The lowest BCUT2D eigenvalue weighted by Gasteiger charge is -2.42. The van der Waals surface area contributed by atoms with Crippen LogP contribution < -0.4 is 0 Å². The molecule has 3 aromatic carbocycles. The van der Waals surface area contributed by atoms with Gasteiger partial charge in [0.15, 0.2) is 0 Å². The van der Waals surface area contributed by atoms with E-state index in [1.165, 1.54) is 16.7 Å². The van der Waals surface area contributed by atoms with Gasteiger partial charge in [0.25, 0.3) is 0 Å². The summed E-state index contributed by atoms with van der Waals surface area (Å²) >= 11 is 0. The van der Waals surface area contributed by atoms with E-state index in [1.807, 2.05) is 6.07 Å². The first-order valence-corrected chi connectivity index (χ1v) is 11.2. The molecule has 0 saturated heterocycles. The van der Waals surface area contributed by atoms with Gasteiger partial charge in [0.05, 0.1) is 13.7 Å². The molecule has 0 amide bonds. The molecule has 3 aromatic rings. The summed E-state index contributed by atoms with van der Waals surface area (Å²) in [5, 5.41) is 2.09. The van der Waals surface area contributed by atoms with E-state index >= 15 is 0 Å². The second-order valence-corrected chi connectivity index (χ2v) is 8.23. The summed E-state index contributed by atoms with van der Waals surface area (Å²) in [6.07, 6.45) is 2.06. The molecule has 0 N–H and O–H groups in total. The third-order valence-electron chi connectivity index (χ3n) is 6.03. The van der Waals surface area contributed by atoms with Gasteiger partial charge in [-0.25, -0.2) is 0 Å². The van der Waals surface area contributed by atoms with Gasteiger partial charge in [0.1, 0.15) is 11.8 Å². The highest BCUT2D eigenvalue weighted by atomic mass is 16.7. The molecular formula is C28H32N2O2. The minimum absolute atomic E-state index is 0.0126. The van der Waals surface area contributed by atoms with Crippen molar-refractivity contribution < 1.29 is 9.57 Å². The number of methoxy groups -OCH3 is 1. The van der Waals surface area contributed by atoms with Crippen LogP contribution in [0.3, 0.4) is 0 Å². The maximum atomic E-state index is 6.15. The number of hydroxylamine groups is 2. The first-order chi connectivity index (χ1) is 15.7. The van der Waals surface area contributed by atoms with E-state index in [4.69, 9.17) is 9.57 Å². The van der Waals surface area contributed by atoms with E-state index in [9.17, 15) is 0 Å². The van der Waals surface area contributed by atoms with E-state index in [0.717, 1.165) is 18.8 Å². The lowest BCUT2D eigenvalue weighted by Crippen LogP contribution is -2.52. The first-order valence-electron chi connectivity index (χ1n) is 11.2. The average molecular weight is 429 g/mol. The molecular weight excluding hydrogens is 396 g/mol. The molecule has 0 fully saturated rings. The summed E-state index contributed by atoms with van der Waals surface area (Å²) in [6.45, 7) is 5.21. The van der Waals surface area contributed by atoms with E-state index in [-0.39, 0.29) is 12.1 Å². The van der Waals surface area contributed by atoms with Crippen LogP contribution >= 0.6 is 0 Å². The minimum Gasteiger partial charge on any atom is -0.500 e. The first kappa shape index (κ1) is 22.3. The molecule has 4 rings (SSSR count). The molecule has 2 atom stereocenters. The summed E-state index contributed by atoms with van der Waals surface area (Å²) in [5.74, 6) is 0.964. The summed E-state index contributed by atoms with van der Waals surface area (Å²) in [6, 6.07) is 31.9. The molecule has 0 aromatic heterocycles. The smallest absolute Gasteiger partial charge is 0.115 e. The van der Waals surface area contributed by atoms with Gasteiger partial charge >= 0.3 is 0 Å². The normalized spacial score (nSPS) is 17.7. The van der Waals surface area contributed by atoms with Crippen LogP contribution in [-0.2, 0) is 29.2 Å². The predicted octanol–water partition coefficient (Wildman–Crippen LogP) is 5.42. The zero-order valence-electron chi connectivity index (χ0n) is 18.9. The molecule has 4 nitrogen and oxygen atoms in total. The van der Waals surface area contributed by atoms with Crippen molar-refractivity contribution in [1.82, 2.24) is 9.96 Å². The average Bonchev–Trinajstić information content (AvgIpc) is 2.85. The van der Waals surface area contributed by atoms with Gasteiger partial charge in [-0.2, -0.15) is 5.06 Å². The molecule has 4 heteroatoms. The molecule has 1 aliphatic rings. The summed E-state index contributed by atoms with van der Waals surface area (Å²) in [5.41, 5.74) is 3.81. The van der Waals surface area contributed by atoms with Gasteiger partial charge < -0.3 is 4.74 Å². The molecule has 166 valence electrons. The molecule has 0 unspecified atom stereocenters. The van der Waals surface area contributed by atoms with Gasteiger partial charge in [-0.05, 0) is 29.7 Å². The molecule has 0 aliphatic carbocycles. The fourth-order valence-corrected chi connectivity index (χ4v) is 4.33. The number of hydrogen-bond donors (Lipinski definition) is 0. The summed E-state index contributed by atoms with van der Waals surface area (Å²) in [4.78, 5) is 8.66. The zero-order valence-corrected chi connectivity index (χ0v) is 18.9. The Bertz CT molecular complexity index is 935. The Labute approximate surface area is 191 Å². The lowest BCUT2D eigenvalue weighted by molar-refractivity contribution is -0.206. The number of benzene rings is 3. The second-order valence-electron chi connectivity index (χ2n) is 8.23. The van der Waals surface area contributed by atoms with Crippen LogP contribution in [0.2, 0.25) is 0 Å². The molecule has 0 spiro atoms. The molecule has 0 saturated carbocycles. The quantitative estimate of drug-likeness (QED) is 0.454. The Kier molecular flexibility index (Phi) is 7.73. The van der Waals surface area contributed by atoms with Crippen LogP contribution in [0.4, 0.5) is 0 Å². The highest BCUT2D eigenvalue weighted by Crippen LogP contribution is 2.27. The third kappa shape index (κ3) is 5.65. The van der Waals surface area contributed by atoms with Crippen molar-refractivity contribution in [3.05, 3.63) is 120 Å². The van der Waals surface area contributed by atoms with Crippen LogP contribution in [0.1, 0.15) is 23.6 Å². The molecule has 0 bridgehead atoms. The number of nitrogens with zero attached hydrogens (tertiary/aromatic N) is 2. The van der Waals surface area contributed by atoms with Gasteiger partial charge in [-0.3, -0.25) is 9.74 Å². The Morgan fingerprint density at radius 1 is 0.844 bits per heavy atom. The van der Waals surface area contributed by atoms with Crippen molar-refractivity contribution in [1.29, 1.82) is 0 Å². The summed E-state index contributed by atoms with van der Waals surface area (Å²) in [7, 11) is 1.76. The van der Waals surface area contributed by atoms with Crippen molar-refractivity contribution in [2.45, 2.75) is 38.6 Å². The van der Waals surface area contributed by atoms with E-state index < -0.39 is 0 Å². The van der Waals surface area contributed by atoms with Crippen LogP contribution in [-0.4, -0.2) is 35.8 Å². The fourth-order valence-electron chi connectivity index (χ4n) is 4.33. The van der Waals surface area contributed by atoms with E-state index in [1.54, 1.807) is 7.11 Å². The Morgan fingerprint density at radius 3 is 1.84 bits per heavy atom. The van der Waals surface area contributed by atoms with Crippen molar-refractivity contribution in [3.8, 4) is 0 Å². The number of hydrogen-bond acceptors (Lipinski definition) is 4. The Morgan fingerprint density at radius 2 is 1.34 bits per heavy atom. The molecule has 0 radical (unpaired) electrons. The van der Waals surface area contributed by atoms with Crippen LogP contribution in [0.5, 0.6) is 0 Å². The fraction of sp³-hybridized carbons (Fsp3) is 0.286. The van der Waals surface area contributed by atoms with Crippen molar-refractivity contribution in [2.24, 2.45) is 0 Å².